The second kappa shape index (κ2) is 11.8. The Morgan fingerprint density at radius 2 is 1.88 bits per heavy atom. The number of amides is 1. The molecule has 3 fully saturated rings. The lowest BCUT2D eigenvalue weighted by molar-refractivity contribution is -0.127. The van der Waals surface area contributed by atoms with Crippen molar-refractivity contribution in [1.29, 1.82) is 0 Å². The number of carbonyl (C=O) groups excluding carboxylic acids is 1. The van der Waals surface area contributed by atoms with Crippen molar-refractivity contribution in [1.82, 2.24) is 29.8 Å². The molecule has 1 atom stereocenters. The highest BCUT2D eigenvalue weighted by molar-refractivity contribution is 6.36. The van der Waals surface area contributed by atoms with Crippen LogP contribution in [0.1, 0.15) is 56.8 Å². The number of fused-ring (bicyclic) bond motifs is 1. The number of hydrogen-bond donors (Lipinski definition) is 2. The first-order valence-corrected chi connectivity index (χ1v) is 16.0. The Kier molecular flexibility index (Phi) is 8.21. The van der Waals surface area contributed by atoms with Crippen molar-refractivity contribution in [2.24, 2.45) is 5.92 Å². The number of morpholine rings is 1. The van der Waals surface area contributed by atoms with Crippen molar-refractivity contribution in [3.05, 3.63) is 35.0 Å². The number of aryl methyl sites for hydroxylation is 1. The first kappa shape index (κ1) is 30.0. The number of hydrogen-bond acceptors (Lipinski definition) is 7. The van der Waals surface area contributed by atoms with Gasteiger partial charge in [-0.2, -0.15) is 10.2 Å². The van der Waals surface area contributed by atoms with E-state index in [-0.39, 0.29) is 17.5 Å². The van der Waals surface area contributed by atoms with Crippen LogP contribution in [0, 0.1) is 19.8 Å². The predicted molar refractivity (Wildman–Crippen MR) is 173 cm³/mol. The van der Waals surface area contributed by atoms with Gasteiger partial charge in [0.25, 0.3) is 0 Å². The van der Waals surface area contributed by atoms with Crippen LogP contribution < -0.4 is 10.6 Å². The van der Waals surface area contributed by atoms with Crippen LogP contribution in [0.2, 0.25) is 5.02 Å². The third kappa shape index (κ3) is 5.53. The summed E-state index contributed by atoms with van der Waals surface area (Å²) in [5.41, 5.74) is 11.2. The maximum absolute atomic E-state index is 12.3. The quantitative estimate of drug-likeness (QED) is 0.381. The molecule has 1 amide bonds. The summed E-state index contributed by atoms with van der Waals surface area (Å²) in [5, 5.41) is 14.4. The fraction of sp³-hybridized carbons (Fsp3) is 0.594. The summed E-state index contributed by atoms with van der Waals surface area (Å²) in [5.74, 6) is 1.99. The number of halogens is 1. The lowest BCUT2D eigenvalue weighted by atomic mass is 9.81. The number of likely N-dealkylation sites (tertiary alicyclic amines) is 1. The van der Waals surface area contributed by atoms with Gasteiger partial charge in [0.15, 0.2) is 11.6 Å². The van der Waals surface area contributed by atoms with E-state index in [4.69, 9.17) is 27.2 Å². The number of nitrogens with one attached hydrogen (secondary N) is 1. The Labute approximate surface area is 259 Å². The zero-order valence-corrected chi connectivity index (χ0v) is 26.7. The number of aromatic amines is 1. The highest BCUT2D eigenvalue weighted by Crippen LogP contribution is 2.48. The zero-order chi connectivity index (χ0) is 30.5. The molecule has 3 aliphatic rings. The lowest BCUT2D eigenvalue weighted by Gasteiger charge is -2.47. The van der Waals surface area contributed by atoms with Gasteiger partial charge in [0.2, 0.25) is 5.91 Å². The molecule has 10 nitrogen and oxygen atoms in total. The van der Waals surface area contributed by atoms with E-state index in [1.807, 2.05) is 17.9 Å². The van der Waals surface area contributed by atoms with E-state index in [1.165, 1.54) is 6.08 Å². The number of carbonyl (C=O) groups is 1. The van der Waals surface area contributed by atoms with Crippen LogP contribution in [0.4, 0.5) is 11.6 Å². The number of aromatic nitrogens is 4. The molecule has 0 bridgehead atoms. The van der Waals surface area contributed by atoms with Crippen LogP contribution in [0.5, 0.6) is 0 Å². The number of nitrogens with zero attached hydrogens (tertiary/aromatic N) is 6. The van der Waals surface area contributed by atoms with E-state index < -0.39 is 0 Å². The predicted octanol–water partition coefficient (Wildman–Crippen LogP) is 4.96. The van der Waals surface area contributed by atoms with E-state index in [1.54, 1.807) is 0 Å². The van der Waals surface area contributed by atoms with Crippen LogP contribution in [0.15, 0.2) is 18.7 Å². The van der Waals surface area contributed by atoms with Gasteiger partial charge >= 0.3 is 0 Å². The molecule has 6 rings (SSSR count). The third-order valence-corrected chi connectivity index (χ3v) is 10.3. The van der Waals surface area contributed by atoms with Gasteiger partial charge in [0, 0.05) is 61.6 Å². The number of rotatable bonds is 6. The van der Waals surface area contributed by atoms with Gasteiger partial charge in [-0.15, -0.1) is 0 Å². The Morgan fingerprint density at radius 1 is 1.16 bits per heavy atom. The van der Waals surface area contributed by atoms with Crippen molar-refractivity contribution in [2.75, 3.05) is 63.1 Å². The van der Waals surface area contributed by atoms with Gasteiger partial charge in [-0.3, -0.25) is 19.5 Å². The van der Waals surface area contributed by atoms with Crippen LogP contribution in [0.3, 0.4) is 0 Å². The number of benzene rings is 1. The van der Waals surface area contributed by atoms with E-state index >= 15 is 0 Å². The molecular formula is C32H45ClN8O2. The van der Waals surface area contributed by atoms with Crippen LogP contribution in [-0.2, 0) is 9.53 Å². The van der Waals surface area contributed by atoms with Crippen LogP contribution in [-0.4, -0.2) is 93.7 Å². The zero-order valence-electron chi connectivity index (χ0n) is 26.0. The lowest BCUT2D eigenvalue weighted by Crippen LogP contribution is -2.53. The standard InChI is InChI=1S/C32H45ClN8O2/c1-6-25(42)39-10-8-23(9-11-39)41-21(3)26(28-27-24(35-36-30(27)34)17-20(2)29(28)33)31(37-41)40-12-7-22(18-32(40,4)5)19-38-13-15-43-16-14-38/h6,17,22-23H,1,7-16,18-19H2,2-5H3,(H3,34,35,36)/t22-/m1/s1. The Morgan fingerprint density at radius 3 is 2.56 bits per heavy atom. The molecule has 11 heteroatoms. The van der Waals surface area contributed by atoms with E-state index in [2.05, 4.69) is 52.0 Å². The van der Waals surface area contributed by atoms with Crippen LogP contribution in [0.25, 0.3) is 22.0 Å². The van der Waals surface area contributed by atoms with Gasteiger partial charge in [0.05, 0.1) is 35.2 Å². The number of ether oxygens (including phenoxy) is 1. The van der Waals surface area contributed by atoms with Crippen molar-refractivity contribution in [3.8, 4) is 11.1 Å². The first-order valence-electron chi connectivity index (χ1n) is 15.6. The highest BCUT2D eigenvalue weighted by Gasteiger charge is 2.40. The van der Waals surface area contributed by atoms with Crippen LogP contribution >= 0.6 is 11.6 Å². The molecule has 0 saturated carbocycles. The fourth-order valence-electron chi connectivity index (χ4n) is 7.59. The smallest absolute Gasteiger partial charge is 0.245 e. The molecule has 0 radical (unpaired) electrons. The number of piperidine rings is 2. The molecule has 0 spiro atoms. The van der Waals surface area contributed by atoms with Gasteiger partial charge in [0.1, 0.15) is 0 Å². The van der Waals surface area contributed by atoms with Gasteiger partial charge in [-0.25, -0.2) is 0 Å². The molecule has 3 N–H and O–H groups in total. The number of nitrogen functional groups attached to an aromatic ring is 1. The average Bonchev–Trinajstić information content (AvgIpc) is 3.52. The summed E-state index contributed by atoms with van der Waals surface area (Å²) in [7, 11) is 0. The SMILES string of the molecule is C=CC(=O)N1CCC(n2nc(N3CC[C@@H](CN4CCOCC4)CC3(C)C)c(-c3c(Cl)c(C)cc4[nH]nc(N)c34)c2C)CC1. The molecule has 3 saturated heterocycles. The molecule has 232 valence electrons. The summed E-state index contributed by atoms with van der Waals surface area (Å²) in [4.78, 5) is 19.2. The average molecular weight is 609 g/mol. The minimum Gasteiger partial charge on any atom is -0.382 e. The molecule has 5 heterocycles. The van der Waals surface area contributed by atoms with Gasteiger partial charge in [-0.1, -0.05) is 18.2 Å². The van der Waals surface area contributed by atoms with E-state index in [9.17, 15) is 4.79 Å². The van der Waals surface area contributed by atoms with Crippen molar-refractivity contribution < 1.29 is 9.53 Å². The highest BCUT2D eigenvalue weighted by atomic mass is 35.5. The molecule has 3 aliphatic heterocycles. The largest absolute Gasteiger partial charge is 0.382 e. The Bertz CT molecular complexity index is 1510. The molecule has 0 aliphatic carbocycles. The summed E-state index contributed by atoms with van der Waals surface area (Å²) in [6.45, 7) is 19.6. The molecule has 0 unspecified atom stereocenters. The van der Waals surface area contributed by atoms with Crippen molar-refractivity contribution >= 4 is 40.0 Å². The second-order valence-electron chi connectivity index (χ2n) is 13.1. The summed E-state index contributed by atoms with van der Waals surface area (Å²) < 4.78 is 7.78. The monoisotopic (exact) mass is 608 g/mol. The summed E-state index contributed by atoms with van der Waals surface area (Å²) in [6, 6.07) is 2.18. The minimum atomic E-state index is -0.118. The van der Waals surface area contributed by atoms with Crippen molar-refractivity contribution in [2.45, 2.75) is 65.0 Å². The number of nitrogens with two attached hydrogens (primary N) is 1. The maximum atomic E-state index is 12.3. The summed E-state index contributed by atoms with van der Waals surface area (Å²) >= 11 is 7.16. The second-order valence-corrected chi connectivity index (χ2v) is 13.5. The topological polar surface area (TPSA) is 109 Å². The molecule has 2 aromatic heterocycles. The van der Waals surface area contributed by atoms with Gasteiger partial charge in [-0.05, 0) is 77.0 Å². The molecule has 43 heavy (non-hydrogen) atoms. The normalized spacial score (nSPS) is 21.9. The maximum Gasteiger partial charge on any atom is 0.245 e. The van der Waals surface area contributed by atoms with Crippen molar-refractivity contribution in [3.63, 3.8) is 0 Å². The third-order valence-electron chi connectivity index (χ3n) is 9.83. The molecule has 1 aromatic carbocycles. The number of anilines is 2. The summed E-state index contributed by atoms with van der Waals surface area (Å²) in [6.07, 6.45) is 5.23. The minimum absolute atomic E-state index is 0.0110. The molecule has 3 aromatic rings. The Hall–Kier alpha value is -3.08. The molecular weight excluding hydrogens is 564 g/mol. The van der Waals surface area contributed by atoms with E-state index in [0.29, 0.717) is 29.8 Å². The Balaban J connectivity index is 1.41. The fourth-order valence-corrected chi connectivity index (χ4v) is 7.83. The van der Waals surface area contributed by atoms with E-state index in [0.717, 1.165) is 104 Å². The first-order chi connectivity index (χ1) is 20.6. The van der Waals surface area contributed by atoms with Gasteiger partial charge < -0.3 is 20.3 Å². The number of H-pyrrole nitrogens is 1.